The molecule has 1 aliphatic heterocycles. The van der Waals surface area contributed by atoms with E-state index in [4.69, 9.17) is 18.9 Å². The first-order valence-electron chi connectivity index (χ1n) is 14.3. The van der Waals surface area contributed by atoms with E-state index in [1.165, 1.54) is 19.1 Å². The van der Waals surface area contributed by atoms with Crippen molar-refractivity contribution < 1.29 is 58.6 Å². The lowest BCUT2D eigenvalue weighted by molar-refractivity contribution is -0.350. The topological polar surface area (TPSA) is 186 Å². The average molecular weight is 603 g/mol. The van der Waals surface area contributed by atoms with Gasteiger partial charge in [0.25, 0.3) is 0 Å². The van der Waals surface area contributed by atoms with E-state index in [0.717, 1.165) is 13.8 Å². The number of aliphatic hydroxyl groups excluding tert-OH is 3. The van der Waals surface area contributed by atoms with Gasteiger partial charge in [-0.2, -0.15) is 0 Å². The Morgan fingerprint density at radius 2 is 1.70 bits per heavy atom. The third kappa shape index (κ3) is 4.29. The van der Waals surface area contributed by atoms with E-state index in [9.17, 15) is 39.6 Å². The fourth-order valence-electron chi connectivity index (χ4n) is 8.00. The molecule has 43 heavy (non-hydrogen) atoms. The summed E-state index contributed by atoms with van der Waals surface area (Å²) in [6, 6.07) is 7.87. The Morgan fingerprint density at radius 1 is 1.05 bits per heavy atom. The minimum atomic E-state index is -2.28. The second-order valence-corrected chi connectivity index (χ2v) is 12.7. The number of esters is 3. The maximum atomic E-state index is 14.9. The highest BCUT2D eigenvalue weighted by molar-refractivity contribution is 5.96. The third-order valence-corrected chi connectivity index (χ3v) is 10.2. The molecule has 2 saturated carbocycles. The van der Waals surface area contributed by atoms with Gasteiger partial charge in [-0.3, -0.25) is 14.4 Å². The number of hydrogen-bond donors (Lipinski definition) is 4. The number of aliphatic hydroxyl groups is 4. The van der Waals surface area contributed by atoms with Crippen LogP contribution in [0.3, 0.4) is 0 Å². The monoisotopic (exact) mass is 602 g/mol. The van der Waals surface area contributed by atoms with Crippen molar-refractivity contribution in [2.75, 3.05) is 13.2 Å². The molecule has 1 saturated heterocycles. The van der Waals surface area contributed by atoms with E-state index in [1.54, 1.807) is 32.0 Å². The van der Waals surface area contributed by atoms with Crippen LogP contribution in [0, 0.1) is 16.7 Å². The SMILES string of the molecule is CC(=O)OC1C(=O)[C@]2(CO)C(O)CC3OC[C@@]3(OC(C)=O)[C@H]2C(OC(=O)c2ccccc2)[C@]2(O)CC(O)C(C)=C1C2(C)C. The highest BCUT2D eigenvalue weighted by atomic mass is 16.6. The molecule has 3 fully saturated rings. The summed E-state index contributed by atoms with van der Waals surface area (Å²) in [5.74, 6) is -5.09. The number of ether oxygens (including phenoxy) is 4. The number of hydrogen-bond acceptors (Lipinski definition) is 12. The molecule has 2 bridgehead atoms. The lowest BCUT2D eigenvalue weighted by Crippen LogP contribution is -2.83. The van der Waals surface area contributed by atoms with Gasteiger partial charge >= 0.3 is 17.9 Å². The summed E-state index contributed by atoms with van der Waals surface area (Å²) in [7, 11) is 0. The van der Waals surface area contributed by atoms with Crippen molar-refractivity contribution >= 4 is 23.7 Å². The van der Waals surface area contributed by atoms with Crippen LogP contribution in [0.4, 0.5) is 0 Å². The standard InChI is InChI=1S/C31H38O12/c1-15-19(35)12-31(39)26(42-27(38)18-9-7-6-8-10-18)24-29(13-32,20(36)11-21-30(24,14-40-21)43-17(3)34)25(37)23(41-16(2)33)22(15)28(31,4)5/h6-10,19-21,23-24,26,32,35-36,39H,11-14H2,1-5H3/t19?,20?,21?,23?,24-,26?,29+,30-,31+/m0/s1. The van der Waals surface area contributed by atoms with Gasteiger partial charge < -0.3 is 39.4 Å². The average Bonchev–Trinajstić information content (AvgIpc) is 2.93. The smallest absolute Gasteiger partial charge is 0.338 e. The van der Waals surface area contributed by atoms with Crippen LogP contribution in [0.25, 0.3) is 0 Å². The summed E-state index contributed by atoms with van der Waals surface area (Å²) < 4.78 is 23.3. The highest BCUT2D eigenvalue weighted by Gasteiger charge is 2.79. The van der Waals surface area contributed by atoms with E-state index in [1.807, 2.05) is 0 Å². The first kappa shape index (κ1) is 31.3. The molecular weight excluding hydrogens is 564 g/mol. The predicted molar refractivity (Wildman–Crippen MR) is 146 cm³/mol. The fourth-order valence-corrected chi connectivity index (χ4v) is 8.00. The van der Waals surface area contributed by atoms with E-state index < -0.39 is 95.2 Å². The number of benzene rings is 1. The van der Waals surface area contributed by atoms with Crippen LogP contribution < -0.4 is 0 Å². The predicted octanol–water partition coefficient (Wildman–Crippen LogP) is 0.625. The van der Waals surface area contributed by atoms with Crippen LogP contribution in [0.5, 0.6) is 0 Å². The zero-order valence-corrected chi connectivity index (χ0v) is 24.7. The van der Waals surface area contributed by atoms with Crippen molar-refractivity contribution in [1.29, 1.82) is 0 Å². The minimum absolute atomic E-state index is 0.0571. The summed E-state index contributed by atoms with van der Waals surface area (Å²) in [4.78, 5) is 53.6. The summed E-state index contributed by atoms with van der Waals surface area (Å²) >= 11 is 0. The first-order chi connectivity index (χ1) is 20.1. The van der Waals surface area contributed by atoms with Gasteiger partial charge in [-0.1, -0.05) is 32.0 Å². The Balaban J connectivity index is 1.87. The zero-order valence-electron chi connectivity index (χ0n) is 24.7. The van der Waals surface area contributed by atoms with E-state index in [2.05, 4.69) is 0 Å². The van der Waals surface area contributed by atoms with Crippen LogP contribution in [0.2, 0.25) is 0 Å². The lowest BCUT2D eigenvalue weighted by atomic mass is 9.44. The molecule has 1 heterocycles. The van der Waals surface area contributed by atoms with Gasteiger partial charge in [0.15, 0.2) is 17.5 Å². The zero-order chi connectivity index (χ0) is 31.7. The van der Waals surface area contributed by atoms with Crippen LogP contribution in [-0.2, 0) is 33.3 Å². The van der Waals surface area contributed by atoms with Gasteiger partial charge in [0.1, 0.15) is 17.8 Å². The number of carbonyl (C=O) groups is 4. The quantitative estimate of drug-likeness (QED) is 0.210. The Labute approximate surface area is 248 Å². The largest absolute Gasteiger partial charge is 0.455 e. The van der Waals surface area contributed by atoms with Gasteiger partial charge in [-0.05, 0) is 30.2 Å². The normalized spacial score (nSPS) is 39.7. The van der Waals surface area contributed by atoms with Gasteiger partial charge in [-0.15, -0.1) is 0 Å². The maximum absolute atomic E-state index is 14.9. The van der Waals surface area contributed by atoms with E-state index >= 15 is 0 Å². The van der Waals surface area contributed by atoms with Gasteiger partial charge in [-0.25, -0.2) is 4.79 Å². The first-order valence-corrected chi connectivity index (χ1v) is 14.3. The highest BCUT2D eigenvalue weighted by Crippen LogP contribution is 2.64. The van der Waals surface area contributed by atoms with Gasteiger partial charge in [0, 0.05) is 32.1 Å². The van der Waals surface area contributed by atoms with Crippen molar-refractivity contribution in [3.05, 3.63) is 47.0 Å². The van der Waals surface area contributed by atoms with Gasteiger partial charge in [0.2, 0.25) is 0 Å². The molecule has 12 heteroatoms. The Morgan fingerprint density at radius 3 is 2.23 bits per heavy atom. The van der Waals surface area contributed by atoms with Crippen LogP contribution in [0.15, 0.2) is 41.5 Å². The summed E-state index contributed by atoms with van der Waals surface area (Å²) in [6.07, 6.45) is -8.21. The second kappa shape index (κ2) is 10.5. The fraction of sp³-hybridized carbons (Fsp3) is 0.613. The van der Waals surface area contributed by atoms with Crippen molar-refractivity contribution in [3.8, 4) is 0 Å². The van der Waals surface area contributed by atoms with Crippen molar-refractivity contribution in [2.24, 2.45) is 16.7 Å². The third-order valence-electron chi connectivity index (χ3n) is 10.2. The summed E-state index contributed by atoms with van der Waals surface area (Å²) in [6.45, 7) is 5.56. The number of fused-ring (bicyclic) bond motifs is 5. The molecule has 0 spiro atoms. The van der Waals surface area contributed by atoms with Crippen molar-refractivity contribution in [2.45, 2.75) is 89.2 Å². The van der Waals surface area contributed by atoms with Gasteiger partial charge in [0.05, 0.1) is 42.3 Å². The van der Waals surface area contributed by atoms with Crippen molar-refractivity contribution in [3.63, 3.8) is 0 Å². The number of Topliss-reactive ketones (excluding diaryl/α,β-unsaturated/α-hetero) is 1. The van der Waals surface area contributed by atoms with Crippen LogP contribution >= 0.6 is 0 Å². The molecule has 0 amide bonds. The van der Waals surface area contributed by atoms with E-state index in [0.29, 0.717) is 0 Å². The molecule has 4 N–H and O–H groups in total. The Hall–Kier alpha value is -3.16. The molecule has 0 radical (unpaired) electrons. The molecule has 5 rings (SSSR count). The maximum Gasteiger partial charge on any atom is 0.338 e. The molecule has 1 aromatic carbocycles. The molecule has 5 unspecified atom stereocenters. The molecule has 3 aliphatic carbocycles. The number of rotatable bonds is 5. The van der Waals surface area contributed by atoms with Crippen LogP contribution in [-0.4, -0.2) is 99.1 Å². The second-order valence-electron chi connectivity index (χ2n) is 12.7. The molecule has 9 atom stereocenters. The molecule has 234 valence electrons. The Kier molecular flexibility index (Phi) is 7.62. The molecule has 12 nitrogen and oxygen atoms in total. The Bertz CT molecular complexity index is 1370. The van der Waals surface area contributed by atoms with Crippen LogP contribution in [0.1, 0.15) is 57.8 Å². The van der Waals surface area contributed by atoms with E-state index in [-0.39, 0.29) is 29.7 Å². The summed E-state index contributed by atoms with van der Waals surface area (Å²) in [5, 5.41) is 47.0. The number of carbonyl (C=O) groups excluding carboxylic acids is 4. The number of ketones is 1. The molecule has 4 aliphatic rings. The lowest BCUT2D eigenvalue weighted by Gasteiger charge is -2.67. The summed E-state index contributed by atoms with van der Waals surface area (Å²) in [5.41, 5.74) is -7.37. The minimum Gasteiger partial charge on any atom is -0.455 e. The molecular formula is C31H38O12. The van der Waals surface area contributed by atoms with Crippen molar-refractivity contribution in [1.82, 2.24) is 0 Å². The molecule has 0 aromatic heterocycles. The molecule has 1 aromatic rings.